The first-order chi connectivity index (χ1) is 15.6. The Labute approximate surface area is 203 Å². The van der Waals surface area contributed by atoms with E-state index in [1.165, 1.54) is 43.6 Å². The average Bonchev–Trinajstić information content (AvgIpc) is 3.12. The minimum absolute atomic E-state index is 0.169. The summed E-state index contributed by atoms with van der Waals surface area (Å²) in [5, 5.41) is 11.6. The molecule has 0 fully saturated rings. The van der Waals surface area contributed by atoms with E-state index in [9.17, 15) is 13.2 Å². The molecule has 0 radical (unpaired) electrons. The topological polar surface area (TPSA) is 97.2 Å². The minimum Gasteiger partial charge on any atom is -0.325 e. The number of amides is 1. The van der Waals surface area contributed by atoms with E-state index in [1.807, 2.05) is 11.6 Å². The molecule has 1 aromatic heterocycles. The summed E-state index contributed by atoms with van der Waals surface area (Å²) in [6, 6.07) is 14.4. The SMILES string of the molecule is Cc1ccc(SCc2nnc(SC(C)C(=O)Nc3ccc(S(=O)(=O)N(C)C)cc3)n2C)cc1. The molecule has 1 atom stereocenters. The Morgan fingerprint density at radius 1 is 1.09 bits per heavy atom. The maximum atomic E-state index is 12.6. The molecule has 0 saturated carbocycles. The van der Waals surface area contributed by atoms with E-state index < -0.39 is 15.3 Å². The summed E-state index contributed by atoms with van der Waals surface area (Å²) in [5.74, 6) is 1.30. The molecule has 0 saturated heterocycles. The summed E-state index contributed by atoms with van der Waals surface area (Å²) in [6.45, 7) is 3.85. The van der Waals surface area contributed by atoms with Crippen LogP contribution < -0.4 is 5.32 Å². The van der Waals surface area contributed by atoms with Gasteiger partial charge in [0.1, 0.15) is 5.82 Å². The first-order valence-corrected chi connectivity index (χ1v) is 13.5. The fourth-order valence-electron chi connectivity index (χ4n) is 2.73. The summed E-state index contributed by atoms with van der Waals surface area (Å²) in [6.07, 6.45) is 0. The average molecular weight is 506 g/mol. The van der Waals surface area contributed by atoms with E-state index in [0.717, 1.165) is 15.0 Å². The highest BCUT2D eigenvalue weighted by atomic mass is 32.2. The Kier molecular flexibility index (Phi) is 8.22. The molecule has 0 bridgehead atoms. The number of rotatable bonds is 9. The van der Waals surface area contributed by atoms with Gasteiger partial charge in [-0.15, -0.1) is 22.0 Å². The first-order valence-electron chi connectivity index (χ1n) is 10.2. The van der Waals surface area contributed by atoms with Gasteiger partial charge in [0.15, 0.2) is 5.16 Å². The lowest BCUT2D eigenvalue weighted by atomic mass is 10.2. The van der Waals surface area contributed by atoms with Crippen LogP contribution in [0.4, 0.5) is 5.69 Å². The second kappa shape index (κ2) is 10.7. The van der Waals surface area contributed by atoms with Crippen molar-refractivity contribution in [1.82, 2.24) is 19.1 Å². The molecule has 8 nitrogen and oxygen atoms in total. The third kappa shape index (κ3) is 6.38. The van der Waals surface area contributed by atoms with Crippen LogP contribution in [0.2, 0.25) is 0 Å². The lowest BCUT2D eigenvalue weighted by Gasteiger charge is -2.13. The molecule has 1 unspecified atom stereocenters. The van der Waals surface area contributed by atoms with Gasteiger partial charge < -0.3 is 9.88 Å². The second-order valence-corrected chi connectivity index (χ2v) is 12.1. The number of thioether (sulfide) groups is 2. The van der Waals surface area contributed by atoms with Gasteiger partial charge in [-0.3, -0.25) is 4.79 Å². The molecule has 1 heterocycles. The summed E-state index contributed by atoms with van der Waals surface area (Å²) in [7, 11) is 1.33. The number of hydrogen-bond donors (Lipinski definition) is 1. The van der Waals surface area contributed by atoms with E-state index in [1.54, 1.807) is 30.8 Å². The van der Waals surface area contributed by atoms with Crippen molar-refractivity contribution in [1.29, 1.82) is 0 Å². The van der Waals surface area contributed by atoms with Crippen molar-refractivity contribution < 1.29 is 13.2 Å². The Balaban J connectivity index is 1.58. The van der Waals surface area contributed by atoms with Gasteiger partial charge in [-0.1, -0.05) is 29.5 Å². The smallest absolute Gasteiger partial charge is 0.242 e. The van der Waals surface area contributed by atoms with Crippen molar-refractivity contribution >= 4 is 45.1 Å². The molecule has 11 heteroatoms. The lowest BCUT2D eigenvalue weighted by molar-refractivity contribution is -0.115. The van der Waals surface area contributed by atoms with Gasteiger partial charge in [0, 0.05) is 31.7 Å². The van der Waals surface area contributed by atoms with Crippen LogP contribution in [0.15, 0.2) is 63.5 Å². The monoisotopic (exact) mass is 505 g/mol. The summed E-state index contributed by atoms with van der Waals surface area (Å²) in [5.41, 5.74) is 1.75. The molecule has 176 valence electrons. The number of nitrogens with zero attached hydrogens (tertiary/aromatic N) is 4. The number of hydrogen-bond acceptors (Lipinski definition) is 7. The summed E-state index contributed by atoms with van der Waals surface area (Å²) >= 11 is 3.00. The van der Waals surface area contributed by atoms with Gasteiger partial charge in [-0.05, 0) is 50.2 Å². The molecule has 0 aliphatic carbocycles. The van der Waals surface area contributed by atoms with E-state index in [-0.39, 0.29) is 10.8 Å². The third-order valence-corrected chi connectivity index (χ3v) is 8.84. The second-order valence-electron chi connectivity index (χ2n) is 7.62. The molecule has 2 aromatic carbocycles. The molecule has 1 N–H and O–H groups in total. The minimum atomic E-state index is -3.51. The Morgan fingerprint density at radius 3 is 2.33 bits per heavy atom. The standard InChI is InChI=1S/C22H27N5O3S3/c1-15-6-10-18(11-7-15)31-14-20-24-25-22(27(20)5)32-16(2)21(28)23-17-8-12-19(13-9-17)33(29,30)26(3)4/h6-13,16H,14H2,1-5H3,(H,23,28). The number of benzene rings is 2. The molecule has 3 rings (SSSR count). The number of carbonyl (C=O) groups excluding carboxylic acids is 1. The highest BCUT2D eigenvalue weighted by molar-refractivity contribution is 8.00. The van der Waals surface area contributed by atoms with Crippen LogP contribution in [0.5, 0.6) is 0 Å². The van der Waals surface area contributed by atoms with Gasteiger partial charge in [0.05, 0.1) is 15.9 Å². The van der Waals surface area contributed by atoms with Crippen LogP contribution in [-0.2, 0) is 27.6 Å². The molecule has 33 heavy (non-hydrogen) atoms. The molecule has 1 amide bonds. The third-order valence-electron chi connectivity index (χ3n) is 4.87. The predicted octanol–water partition coefficient (Wildman–Crippen LogP) is 3.79. The first kappa shape index (κ1) is 25.3. The van der Waals surface area contributed by atoms with Crippen LogP contribution in [0, 0.1) is 6.92 Å². The van der Waals surface area contributed by atoms with Crippen LogP contribution in [0.3, 0.4) is 0 Å². The molecule has 0 spiro atoms. The molecular weight excluding hydrogens is 478 g/mol. The van der Waals surface area contributed by atoms with Gasteiger partial charge in [-0.2, -0.15) is 0 Å². The number of aryl methyl sites for hydroxylation is 1. The van der Waals surface area contributed by atoms with Crippen molar-refractivity contribution in [3.8, 4) is 0 Å². The van der Waals surface area contributed by atoms with Crippen LogP contribution in [0.25, 0.3) is 0 Å². The van der Waals surface area contributed by atoms with Crippen molar-refractivity contribution in [2.75, 3.05) is 19.4 Å². The number of sulfonamides is 1. The number of aromatic nitrogens is 3. The fraction of sp³-hybridized carbons (Fsp3) is 0.318. The maximum absolute atomic E-state index is 12.6. The van der Waals surface area contributed by atoms with Crippen LogP contribution >= 0.6 is 23.5 Å². The molecule has 0 aliphatic rings. The van der Waals surface area contributed by atoms with Crippen LogP contribution in [-0.4, -0.2) is 52.7 Å². The van der Waals surface area contributed by atoms with Crippen molar-refractivity contribution in [3.05, 3.63) is 59.9 Å². The zero-order valence-electron chi connectivity index (χ0n) is 19.1. The predicted molar refractivity (Wildman–Crippen MR) is 133 cm³/mol. The fourth-order valence-corrected chi connectivity index (χ4v) is 5.34. The number of anilines is 1. The number of nitrogens with one attached hydrogen (secondary N) is 1. The number of carbonyl (C=O) groups is 1. The zero-order valence-corrected chi connectivity index (χ0v) is 21.6. The van der Waals surface area contributed by atoms with Crippen molar-refractivity contribution in [2.45, 2.75) is 39.8 Å². The van der Waals surface area contributed by atoms with Gasteiger partial charge >= 0.3 is 0 Å². The molecule has 0 aliphatic heterocycles. The maximum Gasteiger partial charge on any atom is 0.242 e. The summed E-state index contributed by atoms with van der Waals surface area (Å²) < 4.78 is 27.4. The summed E-state index contributed by atoms with van der Waals surface area (Å²) in [4.78, 5) is 14.0. The Morgan fingerprint density at radius 2 is 1.73 bits per heavy atom. The van der Waals surface area contributed by atoms with E-state index in [4.69, 9.17) is 0 Å². The highest BCUT2D eigenvalue weighted by Crippen LogP contribution is 2.26. The van der Waals surface area contributed by atoms with Crippen molar-refractivity contribution in [3.63, 3.8) is 0 Å². The Hall–Kier alpha value is -2.34. The zero-order chi connectivity index (χ0) is 24.2. The Bertz CT molecular complexity index is 1210. The highest BCUT2D eigenvalue weighted by Gasteiger charge is 2.20. The molecule has 3 aromatic rings. The van der Waals surface area contributed by atoms with E-state index in [2.05, 4.69) is 46.7 Å². The largest absolute Gasteiger partial charge is 0.325 e. The van der Waals surface area contributed by atoms with Gasteiger partial charge in [-0.25, -0.2) is 12.7 Å². The van der Waals surface area contributed by atoms with Gasteiger partial charge in [0.25, 0.3) is 0 Å². The van der Waals surface area contributed by atoms with Crippen LogP contribution in [0.1, 0.15) is 18.3 Å². The molecular formula is C22H27N5O3S3. The van der Waals surface area contributed by atoms with Gasteiger partial charge in [0.2, 0.25) is 15.9 Å². The van der Waals surface area contributed by atoms with Crippen molar-refractivity contribution in [2.24, 2.45) is 7.05 Å². The van der Waals surface area contributed by atoms with E-state index in [0.29, 0.717) is 16.6 Å². The van der Waals surface area contributed by atoms with E-state index >= 15 is 0 Å². The lowest BCUT2D eigenvalue weighted by Crippen LogP contribution is -2.23. The quantitative estimate of drug-likeness (QED) is 0.442. The normalized spacial score (nSPS) is 12.7.